The van der Waals surface area contributed by atoms with Gasteiger partial charge < -0.3 is 10.4 Å². The number of anilines is 1. The summed E-state index contributed by atoms with van der Waals surface area (Å²) in [5, 5.41) is 13.2. The molecule has 100 valence electrons. The van der Waals surface area contributed by atoms with Gasteiger partial charge in [-0.05, 0) is 41.8 Å². The van der Waals surface area contributed by atoms with E-state index in [0.717, 1.165) is 12.1 Å². The van der Waals surface area contributed by atoms with Gasteiger partial charge in [0.25, 0.3) is 0 Å². The molecule has 0 spiro atoms. The third-order valence-corrected chi connectivity index (χ3v) is 3.07. The van der Waals surface area contributed by atoms with Crippen LogP contribution < -0.4 is 5.32 Å². The smallest absolute Gasteiger partial charge is 0.123 e. The topological polar surface area (TPSA) is 32.3 Å². The molecule has 0 bridgehead atoms. The summed E-state index contributed by atoms with van der Waals surface area (Å²) < 4.78 is 13.1. The molecule has 2 aromatic rings. The molecule has 2 N–H and O–H groups in total. The fraction of sp³-hybridized carbons (Fsp3) is 0.250. The van der Waals surface area contributed by atoms with Crippen molar-refractivity contribution in [2.45, 2.75) is 19.4 Å². The highest BCUT2D eigenvalue weighted by Gasteiger charge is 2.08. The highest BCUT2D eigenvalue weighted by Crippen LogP contribution is 2.16. The van der Waals surface area contributed by atoms with Crippen molar-refractivity contribution in [1.82, 2.24) is 0 Å². The van der Waals surface area contributed by atoms with E-state index < -0.39 is 6.10 Å². The minimum Gasteiger partial charge on any atom is -0.387 e. The molecule has 0 saturated carbocycles. The molecule has 1 atom stereocenters. The number of nitrogens with one attached hydrogen (secondary N) is 1. The maximum absolute atomic E-state index is 13.1. The molecular weight excluding hydrogens is 241 g/mol. The number of aliphatic hydroxyl groups excluding tert-OH is 1. The largest absolute Gasteiger partial charge is 0.387 e. The van der Waals surface area contributed by atoms with Crippen LogP contribution in [-0.4, -0.2) is 11.7 Å². The summed E-state index contributed by atoms with van der Waals surface area (Å²) in [4.78, 5) is 0. The Bertz CT molecular complexity index is 542. The Labute approximate surface area is 112 Å². The Balaban J connectivity index is 1.98. The quantitative estimate of drug-likeness (QED) is 0.861. The molecule has 0 aliphatic rings. The average Bonchev–Trinajstić information content (AvgIpc) is 2.45. The highest BCUT2D eigenvalue weighted by molar-refractivity contribution is 5.46. The Morgan fingerprint density at radius 3 is 2.68 bits per heavy atom. The summed E-state index contributed by atoms with van der Waals surface area (Å²) in [5.41, 5.74) is 2.79. The SMILES string of the molecule is CCc1cccc(NCC(O)c2cccc(F)c2)c1. The summed E-state index contributed by atoms with van der Waals surface area (Å²) in [5.74, 6) is -0.329. The molecular formula is C16H18FNO. The first kappa shape index (κ1) is 13.6. The second-order valence-corrected chi connectivity index (χ2v) is 4.51. The van der Waals surface area contributed by atoms with Crippen molar-refractivity contribution in [3.63, 3.8) is 0 Å². The van der Waals surface area contributed by atoms with E-state index >= 15 is 0 Å². The lowest BCUT2D eigenvalue weighted by Crippen LogP contribution is -2.12. The van der Waals surface area contributed by atoms with Crippen LogP contribution in [0.1, 0.15) is 24.2 Å². The van der Waals surface area contributed by atoms with Crippen LogP contribution >= 0.6 is 0 Å². The van der Waals surface area contributed by atoms with Crippen LogP contribution in [0.5, 0.6) is 0 Å². The molecule has 0 heterocycles. The van der Waals surface area contributed by atoms with Crippen molar-refractivity contribution in [1.29, 1.82) is 0 Å². The number of halogens is 1. The molecule has 2 rings (SSSR count). The van der Waals surface area contributed by atoms with Gasteiger partial charge in [0.2, 0.25) is 0 Å². The molecule has 19 heavy (non-hydrogen) atoms. The van der Waals surface area contributed by atoms with Crippen molar-refractivity contribution in [3.8, 4) is 0 Å². The number of benzene rings is 2. The predicted molar refractivity (Wildman–Crippen MR) is 75.7 cm³/mol. The van der Waals surface area contributed by atoms with Gasteiger partial charge in [0.05, 0.1) is 6.10 Å². The van der Waals surface area contributed by atoms with Crippen LogP contribution in [0.4, 0.5) is 10.1 Å². The van der Waals surface area contributed by atoms with E-state index in [-0.39, 0.29) is 5.82 Å². The molecule has 2 aromatic carbocycles. The highest BCUT2D eigenvalue weighted by atomic mass is 19.1. The maximum atomic E-state index is 13.1. The number of rotatable bonds is 5. The predicted octanol–water partition coefficient (Wildman–Crippen LogP) is 3.53. The Hall–Kier alpha value is -1.87. The fourth-order valence-corrected chi connectivity index (χ4v) is 1.95. The zero-order chi connectivity index (χ0) is 13.7. The van der Waals surface area contributed by atoms with Crippen LogP contribution in [0.15, 0.2) is 48.5 Å². The van der Waals surface area contributed by atoms with Gasteiger partial charge in [-0.3, -0.25) is 0 Å². The van der Waals surface area contributed by atoms with Gasteiger partial charge in [-0.1, -0.05) is 31.2 Å². The first-order valence-electron chi connectivity index (χ1n) is 6.45. The van der Waals surface area contributed by atoms with Crippen LogP contribution in [-0.2, 0) is 6.42 Å². The third kappa shape index (κ3) is 3.80. The zero-order valence-electron chi connectivity index (χ0n) is 10.9. The normalized spacial score (nSPS) is 12.2. The Morgan fingerprint density at radius 2 is 1.95 bits per heavy atom. The first-order chi connectivity index (χ1) is 9.19. The van der Waals surface area contributed by atoms with Crippen molar-refractivity contribution < 1.29 is 9.50 Å². The number of hydrogen-bond acceptors (Lipinski definition) is 2. The molecule has 0 aliphatic carbocycles. The molecule has 0 amide bonds. The van der Waals surface area contributed by atoms with E-state index in [1.165, 1.54) is 17.7 Å². The summed E-state index contributed by atoms with van der Waals surface area (Å²) >= 11 is 0. The minimum atomic E-state index is -0.721. The van der Waals surface area contributed by atoms with Crippen molar-refractivity contribution >= 4 is 5.69 Å². The first-order valence-corrected chi connectivity index (χ1v) is 6.45. The lowest BCUT2D eigenvalue weighted by Gasteiger charge is -2.13. The van der Waals surface area contributed by atoms with Gasteiger partial charge >= 0.3 is 0 Å². The second-order valence-electron chi connectivity index (χ2n) is 4.51. The number of hydrogen-bond donors (Lipinski definition) is 2. The lowest BCUT2D eigenvalue weighted by molar-refractivity contribution is 0.191. The summed E-state index contributed by atoms with van der Waals surface area (Å²) in [6.45, 7) is 2.46. The lowest BCUT2D eigenvalue weighted by atomic mass is 10.1. The summed E-state index contributed by atoms with van der Waals surface area (Å²) in [6.07, 6.45) is 0.253. The van der Waals surface area contributed by atoms with E-state index in [9.17, 15) is 9.50 Å². The molecule has 3 heteroatoms. The van der Waals surface area contributed by atoms with Crippen molar-refractivity contribution in [2.75, 3.05) is 11.9 Å². The summed E-state index contributed by atoms with van der Waals surface area (Å²) in [6, 6.07) is 14.1. The summed E-state index contributed by atoms with van der Waals surface area (Å²) in [7, 11) is 0. The molecule has 0 saturated heterocycles. The van der Waals surface area contributed by atoms with Crippen LogP contribution in [0.25, 0.3) is 0 Å². The zero-order valence-corrected chi connectivity index (χ0v) is 10.9. The Kier molecular flexibility index (Phi) is 4.53. The average molecular weight is 259 g/mol. The fourth-order valence-electron chi connectivity index (χ4n) is 1.95. The van der Waals surface area contributed by atoms with E-state index in [4.69, 9.17) is 0 Å². The second kappa shape index (κ2) is 6.34. The van der Waals surface area contributed by atoms with Crippen LogP contribution in [0.3, 0.4) is 0 Å². The van der Waals surface area contributed by atoms with Gasteiger partial charge in [0, 0.05) is 12.2 Å². The van der Waals surface area contributed by atoms with Gasteiger partial charge in [-0.2, -0.15) is 0 Å². The molecule has 0 fully saturated rings. The number of aryl methyl sites for hydroxylation is 1. The minimum absolute atomic E-state index is 0.329. The van der Waals surface area contributed by atoms with Gasteiger partial charge in [-0.25, -0.2) is 4.39 Å². The van der Waals surface area contributed by atoms with Gasteiger partial charge in [0.1, 0.15) is 5.82 Å². The molecule has 0 aliphatic heterocycles. The standard InChI is InChI=1S/C16H18FNO/c1-2-12-5-3-8-15(9-12)18-11-16(19)13-6-4-7-14(17)10-13/h3-10,16,18-19H,2,11H2,1H3. The molecule has 0 radical (unpaired) electrons. The van der Waals surface area contributed by atoms with Crippen LogP contribution in [0.2, 0.25) is 0 Å². The maximum Gasteiger partial charge on any atom is 0.123 e. The monoisotopic (exact) mass is 259 g/mol. The molecule has 2 nitrogen and oxygen atoms in total. The van der Waals surface area contributed by atoms with E-state index in [1.54, 1.807) is 12.1 Å². The third-order valence-electron chi connectivity index (χ3n) is 3.07. The molecule has 0 aromatic heterocycles. The Morgan fingerprint density at radius 1 is 1.16 bits per heavy atom. The molecule has 1 unspecified atom stereocenters. The van der Waals surface area contributed by atoms with E-state index in [2.05, 4.69) is 24.4 Å². The number of aliphatic hydroxyl groups is 1. The van der Waals surface area contributed by atoms with Gasteiger partial charge in [0.15, 0.2) is 0 Å². The van der Waals surface area contributed by atoms with E-state index in [1.807, 2.05) is 12.1 Å². The van der Waals surface area contributed by atoms with Crippen LogP contribution in [0, 0.1) is 5.82 Å². The van der Waals surface area contributed by atoms with Crippen molar-refractivity contribution in [3.05, 3.63) is 65.5 Å². The van der Waals surface area contributed by atoms with Gasteiger partial charge in [-0.15, -0.1) is 0 Å². The van der Waals surface area contributed by atoms with E-state index in [0.29, 0.717) is 12.1 Å². The van der Waals surface area contributed by atoms with Crippen molar-refractivity contribution in [2.24, 2.45) is 0 Å².